The van der Waals surface area contributed by atoms with Crippen LogP contribution < -0.4 is 5.32 Å². The maximum atomic E-state index is 13.0. The third kappa shape index (κ3) is 4.63. The molecule has 4 rings (SSSR count). The van der Waals surface area contributed by atoms with Crippen LogP contribution in [0.25, 0.3) is 22.6 Å². The molecule has 2 aromatic carbocycles. The van der Waals surface area contributed by atoms with Crippen molar-refractivity contribution in [3.8, 4) is 6.07 Å². The van der Waals surface area contributed by atoms with E-state index in [9.17, 15) is 9.59 Å². The maximum absolute atomic E-state index is 13.0. The third-order valence-electron chi connectivity index (χ3n) is 5.25. The van der Waals surface area contributed by atoms with Crippen LogP contribution >= 0.6 is 11.6 Å². The molecule has 0 spiro atoms. The number of pyridine rings is 1. The molecule has 32 heavy (non-hydrogen) atoms. The first-order valence-corrected chi connectivity index (χ1v) is 10.6. The lowest BCUT2D eigenvalue weighted by atomic mass is 10.0. The second-order valence-corrected chi connectivity index (χ2v) is 7.82. The van der Waals surface area contributed by atoms with Crippen molar-refractivity contribution in [1.82, 2.24) is 10.3 Å². The molecular weight excluding hydrogens is 426 g/mol. The van der Waals surface area contributed by atoms with E-state index in [2.05, 4.69) is 11.4 Å². The summed E-state index contributed by atoms with van der Waals surface area (Å²) >= 11 is 5.99. The molecule has 0 aliphatic heterocycles. The molecule has 0 saturated carbocycles. The molecule has 1 N–H and O–H groups in total. The van der Waals surface area contributed by atoms with Gasteiger partial charge in [-0.1, -0.05) is 41.9 Å². The number of rotatable bonds is 6. The molecule has 6 nitrogen and oxygen atoms in total. The van der Waals surface area contributed by atoms with Gasteiger partial charge in [0, 0.05) is 17.0 Å². The molecule has 1 aliphatic carbocycles. The van der Waals surface area contributed by atoms with Crippen molar-refractivity contribution < 1.29 is 14.3 Å². The van der Waals surface area contributed by atoms with E-state index in [1.165, 1.54) is 0 Å². The molecule has 1 aromatic heterocycles. The second kappa shape index (κ2) is 9.63. The van der Waals surface area contributed by atoms with Crippen molar-refractivity contribution in [2.75, 3.05) is 13.2 Å². The molecule has 3 aromatic rings. The number of halogens is 1. The average molecular weight is 446 g/mol. The molecule has 0 unspecified atom stereocenters. The SMILES string of the molecule is N#CCCNC(=O)COC(=O)c1c2c(nc3ccccc13)/C(=C/c1ccc(Cl)cc1)CC2. The Hall–Kier alpha value is -3.69. The van der Waals surface area contributed by atoms with Crippen LogP contribution in [0.4, 0.5) is 0 Å². The van der Waals surface area contributed by atoms with Crippen LogP contribution in [0.5, 0.6) is 0 Å². The van der Waals surface area contributed by atoms with Gasteiger partial charge in [0.15, 0.2) is 6.61 Å². The summed E-state index contributed by atoms with van der Waals surface area (Å²) in [5.41, 5.74) is 4.81. The van der Waals surface area contributed by atoms with Crippen LogP contribution in [0.1, 0.15) is 40.0 Å². The molecule has 0 atom stereocenters. The quantitative estimate of drug-likeness (QED) is 0.443. The van der Waals surface area contributed by atoms with Gasteiger partial charge in [-0.2, -0.15) is 5.26 Å². The summed E-state index contributed by atoms with van der Waals surface area (Å²) in [6.07, 6.45) is 3.66. The van der Waals surface area contributed by atoms with Gasteiger partial charge in [0.2, 0.25) is 0 Å². The van der Waals surface area contributed by atoms with Crippen molar-refractivity contribution in [1.29, 1.82) is 5.26 Å². The standard InChI is InChI=1S/C25H20ClN3O3/c26-18-9-6-16(7-10-18)14-17-8-11-20-23(19-4-1-2-5-21(19)29-24(17)20)25(31)32-15-22(30)28-13-3-12-27/h1-2,4-7,9-10,14H,3,8,11,13,15H2,(H,28,30)/b17-14+. The average Bonchev–Trinajstić information content (AvgIpc) is 3.19. The van der Waals surface area contributed by atoms with Crippen LogP contribution in [0.2, 0.25) is 5.02 Å². The van der Waals surface area contributed by atoms with Crippen molar-refractivity contribution in [3.63, 3.8) is 0 Å². The number of benzene rings is 2. The molecule has 1 amide bonds. The van der Waals surface area contributed by atoms with Gasteiger partial charge in [-0.15, -0.1) is 0 Å². The maximum Gasteiger partial charge on any atom is 0.339 e. The zero-order chi connectivity index (χ0) is 22.5. The van der Waals surface area contributed by atoms with E-state index in [0.29, 0.717) is 27.9 Å². The van der Waals surface area contributed by atoms with Crippen molar-refractivity contribution >= 4 is 46.0 Å². The Balaban J connectivity index is 1.66. The summed E-state index contributed by atoms with van der Waals surface area (Å²) in [5.74, 6) is -0.991. The normalized spacial score (nSPS) is 13.6. The molecule has 1 aliphatic rings. The number of carbonyl (C=O) groups excluding carboxylic acids is 2. The van der Waals surface area contributed by atoms with Gasteiger partial charge >= 0.3 is 5.97 Å². The molecule has 0 saturated heterocycles. The van der Waals surface area contributed by atoms with Gasteiger partial charge in [-0.05, 0) is 53.8 Å². The number of carbonyl (C=O) groups is 2. The first-order valence-electron chi connectivity index (χ1n) is 10.3. The van der Waals surface area contributed by atoms with Gasteiger partial charge in [0.25, 0.3) is 5.91 Å². The van der Waals surface area contributed by atoms with Gasteiger partial charge in [-0.3, -0.25) is 4.79 Å². The van der Waals surface area contributed by atoms with E-state index in [-0.39, 0.29) is 13.0 Å². The second-order valence-electron chi connectivity index (χ2n) is 7.39. The number of hydrogen-bond donors (Lipinski definition) is 1. The zero-order valence-electron chi connectivity index (χ0n) is 17.2. The number of para-hydroxylation sites is 1. The number of fused-ring (bicyclic) bond motifs is 2. The molecule has 0 radical (unpaired) electrons. The minimum absolute atomic E-state index is 0.199. The Morgan fingerprint density at radius 1 is 1.16 bits per heavy atom. The number of nitrogens with one attached hydrogen (secondary N) is 1. The van der Waals surface area contributed by atoms with E-state index in [1.807, 2.05) is 54.6 Å². The molecule has 1 heterocycles. The molecule has 0 bridgehead atoms. The number of esters is 1. The summed E-state index contributed by atoms with van der Waals surface area (Å²) in [5, 5.41) is 12.5. The minimum Gasteiger partial charge on any atom is -0.452 e. The predicted molar refractivity (Wildman–Crippen MR) is 123 cm³/mol. The highest BCUT2D eigenvalue weighted by Crippen LogP contribution is 2.37. The number of aromatic nitrogens is 1. The fourth-order valence-electron chi connectivity index (χ4n) is 3.78. The fourth-order valence-corrected chi connectivity index (χ4v) is 3.91. The predicted octanol–water partition coefficient (Wildman–Crippen LogP) is 4.56. The Morgan fingerprint density at radius 3 is 2.72 bits per heavy atom. The Bertz CT molecular complexity index is 1260. The topological polar surface area (TPSA) is 92.1 Å². The molecule has 160 valence electrons. The van der Waals surface area contributed by atoms with Crippen molar-refractivity contribution in [3.05, 3.63) is 75.9 Å². The van der Waals surface area contributed by atoms with E-state index >= 15 is 0 Å². The highest BCUT2D eigenvalue weighted by molar-refractivity contribution is 6.30. The number of hydrogen-bond acceptors (Lipinski definition) is 5. The van der Waals surface area contributed by atoms with Crippen LogP contribution in [0.15, 0.2) is 48.5 Å². The summed E-state index contributed by atoms with van der Waals surface area (Å²) in [7, 11) is 0. The lowest BCUT2D eigenvalue weighted by Gasteiger charge is -2.12. The Kier molecular flexibility index (Phi) is 6.48. The highest BCUT2D eigenvalue weighted by Gasteiger charge is 2.27. The van der Waals surface area contributed by atoms with Gasteiger partial charge in [0.1, 0.15) is 0 Å². The molecule has 0 fully saturated rings. The van der Waals surface area contributed by atoms with E-state index in [4.69, 9.17) is 26.6 Å². The largest absolute Gasteiger partial charge is 0.452 e. The van der Waals surface area contributed by atoms with Crippen LogP contribution in [-0.2, 0) is 16.0 Å². The number of nitrogens with zero attached hydrogens (tertiary/aromatic N) is 2. The third-order valence-corrected chi connectivity index (χ3v) is 5.50. The number of ether oxygens (including phenoxy) is 1. The summed E-state index contributed by atoms with van der Waals surface area (Å²) in [4.78, 5) is 29.8. The Morgan fingerprint density at radius 2 is 1.94 bits per heavy atom. The first-order chi connectivity index (χ1) is 15.6. The van der Waals surface area contributed by atoms with E-state index in [0.717, 1.165) is 28.8 Å². The smallest absolute Gasteiger partial charge is 0.339 e. The van der Waals surface area contributed by atoms with E-state index < -0.39 is 18.5 Å². The number of nitriles is 1. The van der Waals surface area contributed by atoms with Crippen LogP contribution in [0, 0.1) is 11.3 Å². The fraction of sp³-hybridized carbons (Fsp3) is 0.200. The van der Waals surface area contributed by atoms with Gasteiger partial charge in [0.05, 0.1) is 29.3 Å². The lowest BCUT2D eigenvalue weighted by molar-refractivity contribution is -0.124. The van der Waals surface area contributed by atoms with Crippen molar-refractivity contribution in [2.24, 2.45) is 0 Å². The summed E-state index contributed by atoms with van der Waals surface area (Å²) in [6, 6.07) is 16.9. The van der Waals surface area contributed by atoms with Crippen molar-refractivity contribution in [2.45, 2.75) is 19.3 Å². The summed E-state index contributed by atoms with van der Waals surface area (Å²) in [6.45, 7) is -0.178. The number of amides is 1. The van der Waals surface area contributed by atoms with Crippen LogP contribution in [0.3, 0.4) is 0 Å². The zero-order valence-corrected chi connectivity index (χ0v) is 18.0. The molecule has 7 heteroatoms. The number of allylic oxidation sites excluding steroid dienone is 1. The van der Waals surface area contributed by atoms with E-state index in [1.54, 1.807) is 0 Å². The van der Waals surface area contributed by atoms with Gasteiger partial charge < -0.3 is 10.1 Å². The van der Waals surface area contributed by atoms with Crippen LogP contribution in [-0.4, -0.2) is 30.0 Å². The highest BCUT2D eigenvalue weighted by atomic mass is 35.5. The monoisotopic (exact) mass is 445 g/mol. The first kappa shape index (κ1) is 21.5. The summed E-state index contributed by atoms with van der Waals surface area (Å²) < 4.78 is 5.32. The molecular formula is C25H20ClN3O3. The Labute approximate surface area is 190 Å². The lowest BCUT2D eigenvalue weighted by Crippen LogP contribution is -2.29. The van der Waals surface area contributed by atoms with Gasteiger partial charge in [-0.25, -0.2) is 9.78 Å². The minimum atomic E-state index is -0.553.